The number of nitrogens with one attached hydrogen (secondary N) is 1. The Kier molecular flexibility index (Phi) is 5.19. The highest BCUT2D eigenvalue weighted by Gasteiger charge is 2.18. The van der Waals surface area contributed by atoms with Gasteiger partial charge in [0.1, 0.15) is 10.7 Å². The SMILES string of the molecule is CCN(CC)c1nc(N)c(C(=O)NCc2cscc2C)s1. The van der Waals surface area contributed by atoms with Gasteiger partial charge in [-0.05, 0) is 42.7 Å². The lowest BCUT2D eigenvalue weighted by atomic mass is 10.2. The van der Waals surface area contributed by atoms with Crippen molar-refractivity contribution in [2.24, 2.45) is 0 Å². The van der Waals surface area contributed by atoms with Gasteiger partial charge in [0.15, 0.2) is 5.13 Å². The summed E-state index contributed by atoms with van der Waals surface area (Å²) in [7, 11) is 0. The van der Waals surface area contributed by atoms with Gasteiger partial charge in [0, 0.05) is 19.6 Å². The summed E-state index contributed by atoms with van der Waals surface area (Å²) >= 11 is 2.99. The third-order valence-corrected chi connectivity index (χ3v) is 5.32. The second kappa shape index (κ2) is 6.91. The lowest BCUT2D eigenvalue weighted by Crippen LogP contribution is -2.22. The van der Waals surface area contributed by atoms with E-state index in [4.69, 9.17) is 5.73 Å². The zero-order chi connectivity index (χ0) is 15.4. The topological polar surface area (TPSA) is 71.2 Å². The van der Waals surface area contributed by atoms with Crippen molar-refractivity contribution in [2.45, 2.75) is 27.3 Å². The molecule has 0 aromatic carbocycles. The third-order valence-electron chi connectivity index (χ3n) is 3.28. The molecule has 0 fully saturated rings. The van der Waals surface area contributed by atoms with Crippen LogP contribution in [0, 0.1) is 6.92 Å². The predicted octanol–water partition coefficient (Wildman–Crippen LogP) is 2.87. The summed E-state index contributed by atoms with van der Waals surface area (Å²) in [5.74, 6) is 0.149. The van der Waals surface area contributed by atoms with Crippen LogP contribution in [0.25, 0.3) is 0 Å². The summed E-state index contributed by atoms with van der Waals surface area (Å²) in [6, 6.07) is 0. The minimum Gasteiger partial charge on any atom is -0.382 e. The van der Waals surface area contributed by atoms with Gasteiger partial charge in [-0.15, -0.1) is 0 Å². The number of nitrogen functional groups attached to an aromatic ring is 1. The highest BCUT2D eigenvalue weighted by atomic mass is 32.1. The van der Waals surface area contributed by atoms with E-state index in [0.717, 1.165) is 23.8 Å². The van der Waals surface area contributed by atoms with Crippen molar-refractivity contribution >= 4 is 39.5 Å². The quantitative estimate of drug-likeness (QED) is 0.857. The highest BCUT2D eigenvalue weighted by molar-refractivity contribution is 7.18. The Morgan fingerprint density at radius 2 is 2.10 bits per heavy atom. The fourth-order valence-electron chi connectivity index (χ4n) is 1.94. The molecule has 1 amide bonds. The molecule has 2 aromatic heterocycles. The number of aryl methyl sites for hydroxylation is 1. The Bertz CT molecular complexity index is 616. The molecule has 0 bridgehead atoms. The van der Waals surface area contributed by atoms with E-state index in [9.17, 15) is 4.79 Å². The average Bonchev–Trinajstić information content (AvgIpc) is 3.04. The lowest BCUT2D eigenvalue weighted by molar-refractivity contribution is 0.0955. The Balaban J connectivity index is 2.07. The first-order valence-electron chi connectivity index (χ1n) is 6.87. The van der Waals surface area contributed by atoms with Gasteiger partial charge in [0.2, 0.25) is 0 Å². The standard InChI is InChI=1S/C14H20N4OS2/c1-4-18(5-2)14-17-12(15)11(21-14)13(19)16-6-10-8-20-7-9(10)3/h7-8H,4-6,15H2,1-3H3,(H,16,19). The average molecular weight is 324 g/mol. The van der Waals surface area contributed by atoms with Crippen molar-refractivity contribution in [3.63, 3.8) is 0 Å². The van der Waals surface area contributed by atoms with E-state index in [1.165, 1.54) is 16.9 Å². The van der Waals surface area contributed by atoms with Crippen LogP contribution in [0.3, 0.4) is 0 Å². The normalized spacial score (nSPS) is 10.6. The number of aromatic nitrogens is 1. The fraction of sp³-hybridized carbons (Fsp3) is 0.429. The van der Waals surface area contributed by atoms with Crippen LogP contribution in [0.5, 0.6) is 0 Å². The van der Waals surface area contributed by atoms with E-state index < -0.39 is 0 Å². The number of amides is 1. The zero-order valence-corrected chi connectivity index (χ0v) is 14.1. The van der Waals surface area contributed by atoms with Gasteiger partial charge in [-0.25, -0.2) is 4.98 Å². The van der Waals surface area contributed by atoms with E-state index in [-0.39, 0.29) is 5.91 Å². The van der Waals surface area contributed by atoms with Crippen molar-refractivity contribution in [2.75, 3.05) is 23.7 Å². The van der Waals surface area contributed by atoms with Crippen LogP contribution in [-0.2, 0) is 6.54 Å². The van der Waals surface area contributed by atoms with E-state index in [2.05, 4.69) is 34.4 Å². The summed E-state index contributed by atoms with van der Waals surface area (Å²) < 4.78 is 0. The van der Waals surface area contributed by atoms with Crippen molar-refractivity contribution in [3.05, 3.63) is 26.8 Å². The number of thiazole rings is 1. The number of carbonyl (C=O) groups excluding carboxylic acids is 1. The smallest absolute Gasteiger partial charge is 0.265 e. The monoisotopic (exact) mass is 324 g/mol. The Morgan fingerprint density at radius 3 is 2.67 bits per heavy atom. The van der Waals surface area contributed by atoms with Crippen LogP contribution in [-0.4, -0.2) is 24.0 Å². The Labute approximate surface area is 132 Å². The first kappa shape index (κ1) is 15.8. The van der Waals surface area contributed by atoms with E-state index in [1.54, 1.807) is 11.3 Å². The molecule has 2 heterocycles. The number of nitrogens with two attached hydrogens (primary N) is 1. The van der Waals surface area contributed by atoms with E-state index in [1.807, 2.05) is 12.3 Å². The van der Waals surface area contributed by atoms with Crippen LogP contribution >= 0.6 is 22.7 Å². The molecule has 0 spiro atoms. The molecule has 3 N–H and O–H groups in total. The number of nitrogens with zero attached hydrogens (tertiary/aromatic N) is 2. The maximum absolute atomic E-state index is 12.2. The minimum atomic E-state index is -0.158. The second-order valence-corrected chi connectivity index (χ2v) is 6.37. The molecule has 0 atom stereocenters. The van der Waals surface area contributed by atoms with Crippen LogP contribution in [0.1, 0.15) is 34.6 Å². The molecule has 0 unspecified atom stereocenters. The first-order valence-corrected chi connectivity index (χ1v) is 8.63. The van der Waals surface area contributed by atoms with E-state index >= 15 is 0 Å². The number of thiophene rings is 1. The van der Waals surface area contributed by atoms with Gasteiger partial charge < -0.3 is 16.0 Å². The number of rotatable bonds is 6. The van der Waals surface area contributed by atoms with Gasteiger partial charge in [-0.2, -0.15) is 11.3 Å². The van der Waals surface area contributed by atoms with Crippen molar-refractivity contribution in [3.8, 4) is 0 Å². The molecule has 0 aliphatic carbocycles. The molecule has 0 radical (unpaired) electrons. The molecular formula is C14H20N4OS2. The largest absolute Gasteiger partial charge is 0.382 e. The maximum Gasteiger partial charge on any atom is 0.265 e. The summed E-state index contributed by atoms with van der Waals surface area (Å²) in [6.07, 6.45) is 0. The summed E-state index contributed by atoms with van der Waals surface area (Å²) in [5, 5.41) is 7.83. The number of carbonyl (C=O) groups is 1. The van der Waals surface area contributed by atoms with Gasteiger partial charge in [0.05, 0.1) is 0 Å². The molecule has 0 saturated heterocycles. The number of hydrogen-bond donors (Lipinski definition) is 2. The maximum atomic E-state index is 12.2. The summed E-state index contributed by atoms with van der Waals surface area (Å²) in [6.45, 7) is 8.36. The molecule has 0 saturated carbocycles. The Morgan fingerprint density at radius 1 is 1.38 bits per heavy atom. The molecule has 2 rings (SSSR count). The van der Waals surface area contributed by atoms with Crippen LogP contribution in [0.15, 0.2) is 10.8 Å². The minimum absolute atomic E-state index is 0.158. The molecule has 2 aromatic rings. The van der Waals surface area contributed by atoms with Gasteiger partial charge >= 0.3 is 0 Å². The highest BCUT2D eigenvalue weighted by Crippen LogP contribution is 2.28. The van der Waals surface area contributed by atoms with Crippen LogP contribution in [0.2, 0.25) is 0 Å². The van der Waals surface area contributed by atoms with Crippen molar-refractivity contribution in [1.29, 1.82) is 0 Å². The molecule has 0 aliphatic heterocycles. The predicted molar refractivity (Wildman–Crippen MR) is 90.3 cm³/mol. The number of hydrogen-bond acceptors (Lipinski definition) is 6. The summed E-state index contributed by atoms with van der Waals surface area (Å²) in [5.41, 5.74) is 8.22. The van der Waals surface area contributed by atoms with Crippen LogP contribution < -0.4 is 16.0 Å². The molecule has 114 valence electrons. The molecule has 5 nitrogen and oxygen atoms in total. The fourth-order valence-corrected chi connectivity index (χ4v) is 3.82. The van der Waals surface area contributed by atoms with Crippen LogP contribution in [0.4, 0.5) is 10.9 Å². The summed E-state index contributed by atoms with van der Waals surface area (Å²) in [4.78, 5) is 19.1. The molecule has 0 aliphatic rings. The van der Waals surface area contributed by atoms with Gasteiger partial charge in [-0.3, -0.25) is 4.79 Å². The van der Waals surface area contributed by atoms with Crippen molar-refractivity contribution in [1.82, 2.24) is 10.3 Å². The Hall–Kier alpha value is -1.60. The lowest BCUT2D eigenvalue weighted by Gasteiger charge is -2.16. The number of anilines is 2. The molecular weight excluding hydrogens is 304 g/mol. The second-order valence-electron chi connectivity index (χ2n) is 4.65. The zero-order valence-electron chi connectivity index (χ0n) is 12.5. The van der Waals surface area contributed by atoms with Crippen molar-refractivity contribution < 1.29 is 4.79 Å². The van der Waals surface area contributed by atoms with Gasteiger partial charge in [0.25, 0.3) is 5.91 Å². The third kappa shape index (κ3) is 3.54. The first-order chi connectivity index (χ1) is 10.1. The van der Waals surface area contributed by atoms with Gasteiger partial charge in [-0.1, -0.05) is 11.3 Å². The van der Waals surface area contributed by atoms with E-state index in [0.29, 0.717) is 17.2 Å². The molecule has 7 heteroatoms. The molecule has 21 heavy (non-hydrogen) atoms.